The summed E-state index contributed by atoms with van der Waals surface area (Å²) < 4.78 is 50.9. The van der Waals surface area contributed by atoms with Gasteiger partial charge in [-0.2, -0.15) is 13.2 Å². The Labute approximate surface area is 176 Å². The summed E-state index contributed by atoms with van der Waals surface area (Å²) in [6.07, 6.45) is -3.69. The highest BCUT2D eigenvalue weighted by Crippen LogP contribution is 2.42. The van der Waals surface area contributed by atoms with Gasteiger partial charge in [-0.05, 0) is 67.4 Å². The maximum atomic E-state index is 13.4. The van der Waals surface area contributed by atoms with Gasteiger partial charge in [-0.3, -0.25) is 9.69 Å². The standard InChI is InChI=1S/C21H19ClF3NO4/c22-16-3-2-14(21(23,24)25)10-15(16)19(26-7-5-12(6-8-26)20(27)28)13-1-4-17-18(9-13)30-11-29-17/h1-4,9-10,12,19H,5-8,11H2,(H,27,28). The van der Waals surface area contributed by atoms with Crippen LogP contribution in [0.25, 0.3) is 0 Å². The van der Waals surface area contributed by atoms with Crippen molar-refractivity contribution in [1.29, 1.82) is 0 Å². The van der Waals surface area contributed by atoms with E-state index in [1.54, 1.807) is 18.2 Å². The fraction of sp³-hybridized carbons (Fsp3) is 0.381. The lowest BCUT2D eigenvalue weighted by molar-refractivity contribution is -0.143. The molecule has 0 saturated carbocycles. The molecule has 0 aromatic heterocycles. The van der Waals surface area contributed by atoms with Gasteiger partial charge in [0.05, 0.1) is 17.5 Å². The Morgan fingerprint density at radius 2 is 1.80 bits per heavy atom. The van der Waals surface area contributed by atoms with E-state index in [9.17, 15) is 23.1 Å². The second-order valence-corrected chi connectivity index (χ2v) is 7.80. The Morgan fingerprint density at radius 3 is 2.47 bits per heavy atom. The summed E-state index contributed by atoms with van der Waals surface area (Å²) in [6.45, 7) is 0.920. The number of ether oxygens (including phenoxy) is 2. The number of rotatable bonds is 4. The van der Waals surface area contributed by atoms with E-state index in [1.807, 2.05) is 4.90 Å². The number of alkyl halides is 3. The predicted octanol–water partition coefficient (Wildman–Crippen LogP) is 4.97. The van der Waals surface area contributed by atoms with Crippen LogP contribution in [0.3, 0.4) is 0 Å². The molecular weight excluding hydrogens is 423 g/mol. The molecule has 2 aliphatic heterocycles. The second kappa shape index (κ2) is 8.00. The van der Waals surface area contributed by atoms with E-state index < -0.39 is 29.7 Å². The van der Waals surface area contributed by atoms with Gasteiger partial charge in [-0.1, -0.05) is 17.7 Å². The average molecular weight is 442 g/mol. The Kier molecular flexibility index (Phi) is 5.55. The van der Waals surface area contributed by atoms with Crippen LogP contribution in [0.5, 0.6) is 11.5 Å². The number of halogens is 4. The molecule has 1 N–H and O–H groups in total. The minimum atomic E-state index is -4.50. The van der Waals surface area contributed by atoms with E-state index in [4.69, 9.17) is 21.1 Å². The quantitative estimate of drug-likeness (QED) is 0.725. The van der Waals surface area contributed by atoms with Crippen molar-refractivity contribution in [3.63, 3.8) is 0 Å². The topological polar surface area (TPSA) is 59.0 Å². The van der Waals surface area contributed by atoms with Gasteiger partial charge in [0.15, 0.2) is 11.5 Å². The zero-order valence-corrected chi connectivity index (χ0v) is 16.5. The zero-order chi connectivity index (χ0) is 21.5. The Bertz CT molecular complexity index is 958. The van der Waals surface area contributed by atoms with Crippen molar-refractivity contribution >= 4 is 17.6 Å². The minimum Gasteiger partial charge on any atom is -0.481 e. The van der Waals surface area contributed by atoms with Crippen molar-refractivity contribution in [2.75, 3.05) is 19.9 Å². The number of nitrogens with zero attached hydrogens (tertiary/aromatic N) is 1. The van der Waals surface area contributed by atoms with Gasteiger partial charge in [-0.25, -0.2) is 0 Å². The molecule has 9 heteroatoms. The van der Waals surface area contributed by atoms with Crippen molar-refractivity contribution in [1.82, 2.24) is 4.90 Å². The lowest BCUT2D eigenvalue weighted by Gasteiger charge is -2.37. The van der Waals surface area contributed by atoms with Gasteiger partial charge >= 0.3 is 12.1 Å². The summed E-state index contributed by atoms with van der Waals surface area (Å²) in [4.78, 5) is 13.3. The SMILES string of the molecule is O=C(O)C1CCN(C(c2ccc3c(c2)OCO3)c2cc(C(F)(F)F)ccc2Cl)CC1. The first-order valence-corrected chi connectivity index (χ1v) is 9.85. The van der Waals surface area contributed by atoms with Crippen LogP contribution in [0.2, 0.25) is 5.02 Å². The van der Waals surface area contributed by atoms with Gasteiger partial charge in [0.1, 0.15) is 0 Å². The summed E-state index contributed by atoms with van der Waals surface area (Å²) in [7, 11) is 0. The van der Waals surface area contributed by atoms with Crippen LogP contribution in [-0.4, -0.2) is 35.9 Å². The largest absolute Gasteiger partial charge is 0.481 e. The van der Waals surface area contributed by atoms with Crippen molar-refractivity contribution in [3.05, 3.63) is 58.1 Å². The summed E-state index contributed by atoms with van der Waals surface area (Å²) in [6, 6.07) is 7.94. The van der Waals surface area contributed by atoms with Crippen LogP contribution in [0, 0.1) is 5.92 Å². The number of aliphatic carboxylic acids is 1. The summed E-state index contributed by atoms with van der Waals surface area (Å²) in [5.41, 5.74) is 0.237. The zero-order valence-electron chi connectivity index (χ0n) is 15.8. The highest BCUT2D eigenvalue weighted by atomic mass is 35.5. The molecule has 4 rings (SSSR count). The molecule has 0 aliphatic carbocycles. The molecular formula is C21H19ClF3NO4. The summed E-state index contributed by atoms with van der Waals surface area (Å²) >= 11 is 6.36. The molecule has 2 heterocycles. The third-order valence-electron chi connectivity index (χ3n) is 5.57. The third-order valence-corrected chi connectivity index (χ3v) is 5.92. The molecule has 0 amide bonds. The molecule has 30 heavy (non-hydrogen) atoms. The van der Waals surface area contributed by atoms with E-state index >= 15 is 0 Å². The first-order chi connectivity index (χ1) is 14.2. The molecule has 160 valence electrons. The van der Waals surface area contributed by atoms with E-state index in [0.29, 0.717) is 48.6 Å². The Morgan fingerprint density at radius 1 is 1.10 bits per heavy atom. The van der Waals surface area contributed by atoms with Crippen molar-refractivity contribution in [2.24, 2.45) is 5.92 Å². The number of carbonyl (C=O) groups is 1. The number of piperidine rings is 1. The van der Waals surface area contributed by atoms with Gasteiger partial charge in [-0.15, -0.1) is 0 Å². The maximum absolute atomic E-state index is 13.4. The number of fused-ring (bicyclic) bond motifs is 1. The minimum absolute atomic E-state index is 0.0811. The number of carboxylic acid groups (broad SMARTS) is 1. The average Bonchev–Trinajstić information content (AvgIpc) is 3.17. The van der Waals surface area contributed by atoms with Crippen molar-refractivity contribution < 1.29 is 32.5 Å². The van der Waals surface area contributed by atoms with Crippen LogP contribution in [0.15, 0.2) is 36.4 Å². The highest BCUT2D eigenvalue weighted by Gasteiger charge is 2.35. The highest BCUT2D eigenvalue weighted by molar-refractivity contribution is 6.31. The molecule has 2 aromatic carbocycles. The molecule has 0 spiro atoms. The van der Waals surface area contributed by atoms with Crippen LogP contribution in [0.4, 0.5) is 13.2 Å². The smallest absolute Gasteiger partial charge is 0.416 e. The number of carboxylic acids is 1. The first-order valence-electron chi connectivity index (χ1n) is 9.47. The van der Waals surface area contributed by atoms with Gasteiger partial charge in [0.2, 0.25) is 6.79 Å². The number of benzene rings is 2. The van der Waals surface area contributed by atoms with Gasteiger partial charge in [0.25, 0.3) is 0 Å². The molecule has 1 unspecified atom stereocenters. The number of hydrogen-bond acceptors (Lipinski definition) is 4. The normalized spacial score (nSPS) is 18.4. The van der Waals surface area contributed by atoms with E-state index in [0.717, 1.165) is 12.1 Å². The monoisotopic (exact) mass is 441 g/mol. The van der Waals surface area contributed by atoms with Crippen LogP contribution < -0.4 is 9.47 Å². The first kappa shape index (κ1) is 20.8. The maximum Gasteiger partial charge on any atom is 0.416 e. The molecule has 1 saturated heterocycles. The number of hydrogen-bond donors (Lipinski definition) is 1. The molecule has 1 fully saturated rings. The lowest BCUT2D eigenvalue weighted by atomic mass is 9.90. The fourth-order valence-corrected chi connectivity index (χ4v) is 4.23. The molecule has 5 nitrogen and oxygen atoms in total. The third kappa shape index (κ3) is 4.06. The van der Waals surface area contributed by atoms with Crippen molar-refractivity contribution in [2.45, 2.75) is 25.1 Å². The predicted molar refractivity (Wildman–Crippen MR) is 103 cm³/mol. The second-order valence-electron chi connectivity index (χ2n) is 7.40. The van der Waals surface area contributed by atoms with Crippen LogP contribution in [-0.2, 0) is 11.0 Å². The van der Waals surface area contributed by atoms with E-state index in [2.05, 4.69) is 0 Å². The van der Waals surface area contributed by atoms with Gasteiger partial charge in [0, 0.05) is 5.02 Å². The molecule has 2 aliphatic rings. The number of likely N-dealkylation sites (tertiary alicyclic amines) is 1. The van der Waals surface area contributed by atoms with Crippen LogP contribution >= 0.6 is 11.6 Å². The van der Waals surface area contributed by atoms with E-state index in [1.165, 1.54) is 6.07 Å². The fourth-order valence-electron chi connectivity index (χ4n) is 4.00. The Balaban J connectivity index is 1.76. The Hall–Kier alpha value is -2.45. The van der Waals surface area contributed by atoms with Crippen LogP contribution in [0.1, 0.15) is 35.6 Å². The summed E-state index contributed by atoms with van der Waals surface area (Å²) in [5.74, 6) is -0.236. The van der Waals surface area contributed by atoms with Gasteiger partial charge < -0.3 is 14.6 Å². The van der Waals surface area contributed by atoms with E-state index in [-0.39, 0.29) is 11.8 Å². The molecule has 2 aromatic rings. The molecule has 1 atom stereocenters. The molecule has 0 bridgehead atoms. The lowest BCUT2D eigenvalue weighted by Crippen LogP contribution is -2.39. The molecule has 0 radical (unpaired) electrons. The summed E-state index contributed by atoms with van der Waals surface area (Å²) in [5, 5.41) is 9.49. The van der Waals surface area contributed by atoms with Crippen molar-refractivity contribution in [3.8, 4) is 11.5 Å².